The molecule has 0 fully saturated rings. The van der Waals surface area contributed by atoms with Gasteiger partial charge in [-0.25, -0.2) is 0 Å². The fourth-order valence-electron chi connectivity index (χ4n) is 2.52. The van der Waals surface area contributed by atoms with Crippen molar-refractivity contribution >= 4 is 5.91 Å². The lowest BCUT2D eigenvalue weighted by atomic mass is 9.92. The fourth-order valence-corrected chi connectivity index (χ4v) is 2.52. The SMILES string of the molecule is O=C1N[C@H](c2ccccc2)C=C[C@H]1Cc1ccccc1. The van der Waals surface area contributed by atoms with E-state index in [0.29, 0.717) is 0 Å². The molecule has 0 aliphatic carbocycles. The predicted octanol–water partition coefficient (Wildman–Crippen LogP) is 3.27. The van der Waals surface area contributed by atoms with E-state index in [0.717, 1.165) is 12.0 Å². The lowest BCUT2D eigenvalue weighted by molar-refractivity contribution is -0.124. The Hall–Kier alpha value is -2.35. The molecule has 0 aromatic heterocycles. The first-order valence-electron chi connectivity index (χ1n) is 6.90. The Morgan fingerprint density at radius 1 is 0.850 bits per heavy atom. The Balaban J connectivity index is 1.73. The highest BCUT2D eigenvalue weighted by molar-refractivity contribution is 5.82. The Bertz CT molecular complexity index is 604. The molecule has 0 spiro atoms. The molecule has 2 aromatic rings. The summed E-state index contributed by atoms with van der Waals surface area (Å²) in [7, 11) is 0. The van der Waals surface area contributed by atoms with Gasteiger partial charge in [0.2, 0.25) is 5.91 Å². The third-order valence-electron chi connectivity index (χ3n) is 3.63. The number of hydrogen-bond acceptors (Lipinski definition) is 1. The first kappa shape index (κ1) is 12.7. The monoisotopic (exact) mass is 263 g/mol. The van der Waals surface area contributed by atoms with E-state index in [2.05, 4.69) is 23.5 Å². The van der Waals surface area contributed by atoms with Gasteiger partial charge in [0.05, 0.1) is 12.0 Å². The average Bonchev–Trinajstić information content (AvgIpc) is 2.51. The minimum absolute atomic E-state index is 0.00396. The summed E-state index contributed by atoms with van der Waals surface area (Å²) < 4.78 is 0. The van der Waals surface area contributed by atoms with Crippen molar-refractivity contribution in [3.05, 3.63) is 83.9 Å². The normalized spacial score (nSPS) is 21.5. The van der Waals surface area contributed by atoms with Crippen LogP contribution in [0.4, 0.5) is 0 Å². The van der Waals surface area contributed by atoms with Crippen LogP contribution in [0.3, 0.4) is 0 Å². The molecule has 0 saturated heterocycles. The summed E-state index contributed by atoms with van der Waals surface area (Å²) in [4.78, 5) is 12.2. The number of amides is 1. The number of nitrogens with one attached hydrogen (secondary N) is 1. The lowest BCUT2D eigenvalue weighted by Crippen LogP contribution is -2.36. The molecule has 1 N–H and O–H groups in total. The van der Waals surface area contributed by atoms with Gasteiger partial charge in [0, 0.05) is 0 Å². The van der Waals surface area contributed by atoms with E-state index in [-0.39, 0.29) is 17.9 Å². The molecule has 2 heteroatoms. The zero-order valence-electron chi connectivity index (χ0n) is 11.2. The summed E-state index contributed by atoms with van der Waals surface area (Å²) in [6.45, 7) is 0. The van der Waals surface area contributed by atoms with Gasteiger partial charge in [-0.15, -0.1) is 0 Å². The van der Waals surface area contributed by atoms with Gasteiger partial charge >= 0.3 is 0 Å². The molecule has 20 heavy (non-hydrogen) atoms. The maximum Gasteiger partial charge on any atom is 0.227 e. The number of rotatable bonds is 3. The van der Waals surface area contributed by atoms with E-state index in [4.69, 9.17) is 0 Å². The summed E-state index contributed by atoms with van der Waals surface area (Å²) in [6, 6.07) is 20.2. The molecule has 0 radical (unpaired) electrons. The van der Waals surface area contributed by atoms with Crippen molar-refractivity contribution in [2.24, 2.45) is 5.92 Å². The number of hydrogen-bond donors (Lipinski definition) is 1. The van der Waals surface area contributed by atoms with Gasteiger partial charge < -0.3 is 5.32 Å². The molecule has 3 rings (SSSR count). The molecule has 2 aromatic carbocycles. The maximum absolute atomic E-state index is 12.2. The number of benzene rings is 2. The van der Waals surface area contributed by atoms with Gasteiger partial charge in [-0.3, -0.25) is 4.79 Å². The maximum atomic E-state index is 12.2. The van der Waals surface area contributed by atoms with Gasteiger partial charge in [-0.2, -0.15) is 0 Å². The lowest BCUT2D eigenvalue weighted by Gasteiger charge is -2.24. The van der Waals surface area contributed by atoms with Crippen LogP contribution < -0.4 is 5.32 Å². The van der Waals surface area contributed by atoms with Crippen LogP contribution in [-0.4, -0.2) is 5.91 Å². The largest absolute Gasteiger partial charge is 0.345 e. The zero-order chi connectivity index (χ0) is 13.8. The zero-order valence-corrected chi connectivity index (χ0v) is 11.2. The molecule has 1 aliphatic rings. The van der Waals surface area contributed by atoms with Crippen molar-refractivity contribution in [1.82, 2.24) is 5.32 Å². The standard InChI is InChI=1S/C18H17NO/c20-18-16(13-14-7-3-1-4-8-14)11-12-17(19-18)15-9-5-2-6-10-15/h1-12,16-17H,13H2,(H,19,20)/t16-,17-/m0/s1. The third-order valence-corrected chi connectivity index (χ3v) is 3.63. The smallest absolute Gasteiger partial charge is 0.227 e. The number of carbonyl (C=O) groups excluding carboxylic acids is 1. The summed E-state index contributed by atoms with van der Waals surface area (Å²) in [5.74, 6) is 0.0302. The number of carbonyl (C=O) groups is 1. The molecule has 0 bridgehead atoms. The van der Waals surface area contributed by atoms with Crippen molar-refractivity contribution in [1.29, 1.82) is 0 Å². The second-order valence-electron chi connectivity index (χ2n) is 5.08. The average molecular weight is 263 g/mol. The van der Waals surface area contributed by atoms with Crippen LogP contribution in [0.1, 0.15) is 17.2 Å². The first-order valence-corrected chi connectivity index (χ1v) is 6.90. The highest BCUT2D eigenvalue weighted by Crippen LogP contribution is 2.22. The molecule has 0 unspecified atom stereocenters. The van der Waals surface area contributed by atoms with E-state index in [9.17, 15) is 4.79 Å². The van der Waals surface area contributed by atoms with E-state index < -0.39 is 0 Å². The van der Waals surface area contributed by atoms with Gasteiger partial charge in [-0.1, -0.05) is 72.8 Å². The molecule has 0 saturated carbocycles. The summed E-state index contributed by atoms with van der Waals surface area (Å²) in [5.41, 5.74) is 2.31. The molecule has 2 atom stereocenters. The minimum atomic E-state index is -0.0719. The van der Waals surface area contributed by atoms with Crippen LogP contribution in [0.5, 0.6) is 0 Å². The minimum Gasteiger partial charge on any atom is -0.345 e. The van der Waals surface area contributed by atoms with Crippen LogP contribution in [0, 0.1) is 5.92 Å². The summed E-state index contributed by atoms with van der Waals surface area (Å²) in [5, 5.41) is 3.08. The van der Waals surface area contributed by atoms with Crippen LogP contribution >= 0.6 is 0 Å². The highest BCUT2D eigenvalue weighted by atomic mass is 16.2. The van der Waals surface area contributed by atoms with Crippen LogP contribution in [0.15, 0.2) is 72.8 Å². The van der Waals surface area contributed by atoms with Gasteiger partial charge in [0.15, 0.2) is 0 Å². The Labute approximate surface area is 119 Å². The van der Waals surface area contributed by atoms with Crippen molar-refractivity contribution in [3.63, 3.8) is 0 Å². The second-order valence-corrected chi connectivity index (χ2v) is 5.08. The van der Waals surface area contributed by atoms with E-state index >= 15 is 0 Å². The fraction of sp³-hybridized carbons (Fsp3) is 0.167. The molecule has 1 aliphatic heterocycles. The molecular weight excluding hydrogens is 246 g/mol. The van der Waals surface area contributed by atoms with Crippen molar-refractivity contribution in [3.8, 4) is 0 Å². The van der Waals surface area contributed by atoms with Gasteiger partial charge in [0.1, 0.15) is 0 Å². The molecule has 1 heterocycles. The molecular formula is C18H17NO. The summed E-state index contributed by atoms with van der Waals surface area (Å²) >= 11 is 0. The second kappa shape index (κ2) is 5.74. The van der Waals surface area contributed by atoms with Crippen LogP contribution in [0.25, 0.3) is 0 Å². The molecule has 100 valence electrons. The Morgan fingerprint density at radius 3 is 2.15 bits per heavy atom. The highest BCUT2D eigenvalue weighted by Gasteiger charge is 2.23. The van der Waals surface area contributed by atoms with Crippen LogP contribution in [-0.2, 0) is 11.2 Å². The third kappa shape index (κ3) is 2.80. The van der Waals surface area contributed by atoms with E-state index in [1.54, 1.807) is 0 Å². The molecule has 2 nitrogen and oxygen atoms in total. The van der Waals surface area contributed by atoms with Crippen molar-refractivity contribution in [2.45, 2.75) is 12.5 Å². The van der Waals surface area contributed by atoms with Crippen molar-refractivity contribution in [2.75, 3.05) is 0 Å². The topological polar surface area (TPSA) is 29.1 Å². The molecule has 1 amide bonds. The quantitative estimate of drug-likeness (QED) is 0.846. The predicted molar refractivity (Wildman–Crippen MR) is 80.1 cm³/mol. The Morgan fingerprint density at radius 2 is 1.50 bits per heavy atom. The van der Waals surface area contributed by atoms with E-state index in [1.165, 1.54) is 5.56 Å². The Kier molecular flexibility index (Phi) is 3.64. The van der Waals surface area contributed by atoms with E-state index in [1.807, 2.05) is 54.6 Å². The summed E-state index contributed by atoms with van der Waals surface area (Å²) in [6.07, 6.45) is 4.87. The van der Waals surface area contributed by atoms with Gasteiger partial charge in [-0.05, 0) is 17.5 Å². The van der Waals surface area contributed by atoms with Crippen LogP contribution in [0.2, 0.25) is 0 Å². The van der Waals surface area contributed by atoms with Crippen molar-refractivity contribution < 1.29 is 4.79 Å². The first-order chi connectivity index (χ1) is 9.83. The van der Waals surface area contributed by atoms with Gasteiger partial charge in [0.25, 0.3) is 0 Å².